The first-order valence-electron chi connectivity index (χ1n) is 8.81. The Balaban J connectivity index is 1.81. The minimum Gasteiger partial charge on any atom is -0.488 e. The highest BCUT2D eigenvalue weighted by molar-refractivity contribution is 6.44. The van der Waals surface area contributed by atoms with E-state index in [2.05, 4.69) is 5.32 Å². The normalized spacial score (nSPS) is 10.9. The van der Waals surface area contributed by atoms with Crippen LogP contribution < -0.4 is 10.1 Å². The summed E-state index contributed by atoms with van der Waals surface area (Å²) in [6.45, 7) is 0.134. The molecule has 4 nitrogen and oxygen atoms in total. The summed E-state index contributed by atoms with van der Waals surface area (Å²) < 4.78 is 19.1. The summed E-state index contributed by atoms with van der Waals surface area (Å²) in [5.41, 5.74) is 1.33. The third kappa shape index (κ3) is 5.38. The van der Waals surface area contributed by atoms with Crippen molar-refractivity contribution in [2.24, 2.45) is 0 Å². The summed E-state index contributed by atoms with van der Waals surface area (Å²) in [4.78, 5) is 12.6. The van der Waals surface area contributed by atoms with Gasteiger partial charge in [-0.05, 0) is 42.0 Å². The smallest absolute Gasteiger partial charge is 0.266 e. The lowest BCUT2D eigenvalue weighted by Gasteiger charge is -2.10. The van der Waals surface area contributed by atoms with E-state index in [1.807, 2.05) is 6.07 Å². The Kier molecular flexibility index (Phi) is 7.08. The van der Waals surface area contributed by atoms with Gasteiger partial charge in [-0.3, -0.25) is 4.79 Å². The van der Waals surface area contributed by atoms with Crippen LogP contribution >= 0.6 is 23.2 Å². The number of benzene rings is 3. The first-order valence-corrected chi connectivity index (χ1v) is 9.57. The molecule has 0 spiro atoms. The minimum absolute atomic E-state index is 0.134. The molecule has 0 bridgehead atoms. The van der Waals surface area contributed by atoms with E-state index in [1.54, 1.807) is 54.6 Å². The Bertz CT molecular complexity index is 1160. The van der Waals surface area contributed by atoms with Crippen molar-refractivity contribution in [1.82, 2.24) is 0 Å². The zero-order valence-electron chi connectivity index (χ0n) is 15.5. The highest BCUT2D eigenvalue weighted by Crippen LogP contribution is 2.30. The molecule has 0 fully saturated rings. The molecule has 0 saturated carbocycles. The summed E-state index contributed by atoms with van der Waals surface area (Å²) in [5.74, 6) is -0.544. The summed E-state index contributed by atoms with van der Waals surface area (Å²) in [6.07, 6.45) is 1.41. The summed E-state index contributed by atoms with van der Waals surface area (Å²) >= 11 is 12.0. The van der Waals surface area contributed by atoms with E-state index < -0.39 is 5.91 Å². The fourth-order valence-electron chi connectivity index (χ4n) is 2.61. The van der Waals surface area contributed by atoms with Crippen LogP contribution in [-0.4, -0.2) is 5.91 Å². The molecule has 0 saturated heterocycles. The lowest BCUT2D eigenvalue weighted by atomic mass is 10.1. The quantitative estimate of drug-likeness (QED) is 0.363. The summed E-state index contributed by atoms with van der Waals surface area (Å²) in [7, 11) is 0. The number of ether oxygens (including phenoxy) is 1. The van der Waals surface area contributed by atoms with Crippen molar-refractivity contribution in [3.63, 3.8) is 0 Å². The van der Waals surface area contributed by atoms with Gasteiger partial charge in [0, 0.05) is 5.56 Å². The minimum atomic E-state index is -0.637. The van der Waals surface area contributed by atoms with Gasteiger partial charge >= 0.3 is 0 Å². The van der Waals surface area contributed by atoms with Gasteiger partial charge in [-0.25, -0.2) is 4.39 Å². The van der Waals surface area contributed by atoms with Crippen LogP contribution in [0.3, 0.4) is 0 Å². The van der Waals surface area contributed by atoms with Gasteiger partial charge in [0.25, 0.3) is 5.91 Å². The summed E-state index contributed by atoms with van der Waals surface area (Å²) in [5, 5.41) is 12.5. The lowest BCUT2D eigenvalue weighted by molar-refractivity contribution is -0.112. The first kappa shape index (κ1) is 21.4. The van der Waals surface area contributed by atoms with Crippen LogP contribution in [0.1, 0.15) is 11.1 Å². The molecule has 0 aliphatic carbocycles. The number of nitrogens with zero attached hydrogens (tertiary/aromatic N) is 1. The molecular formula is C23H15Cl2FN2O2. The highest BCUT2D eigenvalue weighted by atomic mass is 35.5. The third-order valence-electron chi connectivity index (χ3n) is 4.07. The predicted molar refractivity (Wildman–Crippen MR) is 116 cm³/mol. The average molecular weight is 441 g/mol. The molecule has 0 radical (unpaired) electrons. The second-order valence-electron chi connectivity index (χ2n) is 6.18. The number of rotatable bonds is 6. The largest absolute Gasteiger partial charge is 0.488 e. The van der Waals surface area contributed by atoms with E-state index in [0.29, 0.717) is 22.6 Å². The Hall–Kier alpha value is -3.33. The molecule has 3 aromatic rings. The zero-order chi connectivity index (χ0) is 21.5. The van der Waals surface area contributed by atoms with Crippen LogP contribution in [0.15, 0.2) is 72.3 Å². The number of carbonyl (C=O) groups excluding carboxylic acids is 1. The molecule has 1 amide bonds. The van der Waals surface area contributed by atoms with Gasteiger partial charge in [-0.2, -0.15) is 5.26 Å². The van der Waals surface area contributed by atoms with Gasteiger partial charge in [0.05, 0.1) is 15.7 Å². The molecule has 0 heterocycles. The number of nitriles is 1. The van der Waals surface area contributed by atoms with E-state index in [1.165, 1.54) is 18.2 Å². The number of nitrogens with one attached hydrogen (secondary N) is 1. The molecule has 3 aromatic carbocycles. The Morgan fingerprint density at radius 2 is 1.87 bits per heavy atom. The van der Waals surface area contributed by atoms with Crippen LogP contribution in [0.25, 0.3) is 6.08 Å². The number of amides is 1. The van der Waals surface area contributed by atoms with Crippen molar-refractivity contribution >= 4 is 40.9 Å². The Morgan fingerprint density at radius 1 is 1.10 bits per heavy atom. The average Bonchev–Trinajstić information content (AvgIpc) is 2.74. The molecule has 0 aromatic heterocycles. The third-order valence-corrected chi connectivity index (χ3v) is 4.89. The number of hydrogen-bond acceptors (Lipinski definition) is 3. The molecule has 0 unspecified atom stereocenters. The van der Waals surface area contributed by atoms with Gasteiger partial charge in [0.2, 0.25) is 0 Å². The van der Waals surface area contributed by atoms with Gasteiger partial charge < -0.3 is 10.1 Å². The monoisotopic (exact) mass is 440 g/mol. The molecule has 30 heavy (non-hydrogen) atoms. The van der Waals surface area contributed by atoms with Crippen LogP contribution in [0, 0.1) is 17.1 Å². The molecule has 0 aliphatic rings. The molecule has 7 heteroatoms. The molecule has 1 N–H and O–H groups in total. The van der Waals surface area contributed by atoms with Gasteiger partial charge in [0.15, 0.2) is 0 Å². The maximum absolute atomic E-state index is 13.3. The molecule has 150 valence electrons. The standard InChI is InChI=1S/C23H15Cl2FN2O2/c24-19-8-4-9-20(22(19)25)28-23(29)17(13-27)12-16-6-1-2-10-21(16)30-14-15-5-3-7-18(26)11-15/h1-12H,14H2,(H,28,29)/b17-12-. The van der Waals surface area contributed by atoms with E-state index in [0.717, 1.165) is 0 Å². The maximum Gasteiger partial charge on any atom is 0.266 e. The fraction of sp³-hybridized carbons (Fsp3) is 0.0435. The predicted octanol–water partition coefficient (Wildman–Crippen LogP) is 6.26. The van der Waals surface area contributed by atoms with Crippen molar-refractivity contribution < 1.29 is 13.9 Å². The number of halogens is 3. The molecule has 0 atom stereocenters. The first-order chi connectivity index (χ1) is 14.5. The van der Waals surface area contributed by atoms with Crippen molar-refractivity contribution in [3.05, 3.63) is 99.3 Å². The fourth-order valence-corrected chi connectivity index (χ4v) is 2.96. The van der Waals surface area contributed by atoms with Crippen LogP contribution in [0.5, 0.6) is 5.75 Å². The number of hydrogen-bond donors (Lipinski definition) is 1. The SMILES string of the molecule is N#C/C(=C/c1ccccc1OCc1cccc(F)c1)C(=O)Nc1cccc(Cl)c1Cl. The van der Waals surface area contributed by atoms with Crippen molar-refractivity contribution in [2.45, 2.75) is 6.61 Å². The summed E-state index contributed by atoms with van der Waals surface area (Å²) in [6, 6.07) is 19.7. The topological polar surface area (TPSA) is 62.1 Å². The van der Waals surface area contributed by atoms with Crippen molar-refractivity contribution in [2.75, 3.05) is 5.32 Å². The zero-order valence-corrected chi connectivity index (χ0v) is 17.0. The lowest BCUT2D eigenvalue weighted by Crippen LogP contribution is -2.13. The van der Waals surface area contributed by atoms with Gasteiger partial charge in [-0.1, -0.05) is 59.6 Å². The van der Waals surface area contributed by atoms with Crippen molar-refractivity contribution in [3.8, 4) is 11.8 Å². The second-order valence-corrected chi connectivity index (χ2v) is 6.97. The van der Waals surface area contributed by atoms with Gasteiger partial charge in [-0.15, -0.1) is 0 Å². The van der Waals surface area contributed by atoms with Crippen LogP contribution in [0.2, 0.25) is 10.0 Å². The second kappa shape index (κ2) is 9.93. The van der Waals surface area contributed by atoms with E-state index >= 15 is 0 Å². The highest BCUT2D eigenvalue weighted by Gasteiger charge is 2.14. The van der Waals surface area contributed by atoms with Crippen LogP contribution in [0.4, 0.5) is 10.1 Å². The van der Waals surface area contributed by atoms with Gasteiger partial charge in [0.1, 0.15) is 29.8 Å². The van der Waals surface area contributed by atoms with E-state index in [-0.39, 0.29) is 28.0 Å². The van der Waals surface area contributed by atoms with E-state index in [9.17, 15) is 14.4 Å². The van der Waals surface area contributed by atoms with Crippen molar-refractivity contribution in [1.29, 1.82) is 5.26 Å². The Morgan fingerprint density at radius 3 is 2.63 bits per heavy atom. The number of carbonyl (C=O) groups is 1. The number of para-hydroxylation sites is 1. The molecule has 0 aliphatic heterocycles. The van der Waals surface area contributed by atoms with Crippen LogP contribution in [-0.2, 0) is 11.4 Å². The molecule has 3 rings (SSSR count). The molecular weight excluding hydrogens is 426 g/mol. The van der Waals surface area contributed by atoms with E-state index in [4.69, 9.17) is 27.9 Å². The maximum atomic E-state index is 13.3. The number of anilines is 1. The Labute approximate surface area is 183 Å².